The number of carbonyl (C=O) groups is 2. The van der Waals surface area contributed by atoms with E-state index in [1.807, 2.05) is 42.5 Å². The first-order valence-corrected chi connectivity index (χ1v) is 7.82. The molecule has 0 aliphatic carbocycles. The van der Waals surface area contributed by atoms with Gasteiger partial charge in [0.25, 0.3) is 5.91 Å². The molecule has 0 saturated heterocycles. The largest absolute Gasteiger partial charge is 0.273 e. The van der Waals surface area contributed by atoms with Crippen LogP contribution in [0.5, 0.6) is 0 Å². The number of nitrogens with one attached hydrogen (secondary N) is 2. The zero-order valence-electron chi connectivity index (χ0n) is 12.8. The van der Waals surface area contributed by atoms with Crippen LogP contribution < -0.4 is 10.9 Å². The van der Waals surface area contributed by atoms with Gasteiger partial charge in [-0.05, 0) is 34.5 Å². The molecule has 3 rings (SSSR count). The molecule has 3 aromatic carbocycles. The standard InChI is InChI=1S/C19H15ClN2O2/c20-17-7-3-6-16(12-17)19(24)22-21-18(23)11-13-8-9-14-4-1-2-5-15(14)10-13/h1-10,12H,11H2,(H,21,23)(H,22,24). The van der Waals surface area contributed by atoms with E-state index < -0.39 is 5.91 Å². The second kappa shape index (κ2) is 7.15. The van der Waals surface area contributed by atoms with Crippen LogP contribution in [0.15, 0.2) is 66.7 Å². The molecule has 0 saturated carbocycles. The van der Waals surface area contributed by atoms with Crippen molar-refractivity contribution >= 4 is 34.2 Å². The van der Waals surface area contributed by atoms with Crippen LogP contribution in [0.2, 0.25) is 5.02 Å². The van der Waals surface area contributed by atoms with E-state index in [1.165, 1.54) is 6.07 Å². The molecular weight excluding hydrogens is 324 g/mol. The molecule has 0 heterocycles. The van der Waals surface area contributed by atoms with E-state index in [0.717, 1.165) is 16.3 Å². The maximum atomic E-state index is 12.0. The number of hydrogen-bond donors (Lipinski definition) is 2. The number of hydrazine groups is 1. The van der Waals surface area contributed by atoms with E-state index in [9.17, 15) is 9.59 Å². The van der Waals surface area contributed by atoms with Gasteiger partial charge in [-0.25, -0.2) is 0 Å². The monoisotopic (exact) mass is 338 g/mol. The molecule has 120 valence electrons. The van der Waals surface area contributed by atoms with Gasteiger partial charge in [0, 0.05) is 10.6 Å². The third-order valence-electron chi connectivity index (χ3n) is 3.58. The summed E-state index contributed by atoms with van der Waals surface area (Å²) in [6.45, 7) is 0. The Labute approximate surface area is 144 Å². The van der Waals surface area contributed by atoms with E-state index >= 15 is 0 Å². The lowest BCUT2D eigenvalue weighted by atomic mass is 10.1. The van der Waals surface area contributed by atoms with Gasteiger partial charge in [-0.1, -0.05) is 60.1 Å². The summed E-state index contributed by atoms with van der Waals surface area (Å²) in [6, 6.07) is 20.3. The Balaban J connectivity index is 1.59. The van der Waals surface area contributed by atoms with E-state index in [4.69, 9.17) is 11.6 Å². The zero-order chi connectivity index (χ0) is 16.9. The van der Waals surface area contributed by atoms with Crippen LogP contribution in [0.25, 0.3) is 10.8 Å². The Morgan fingerprint density at radius 1 is 0.833 bits per heavy atom. The highest BCUT2D eigenvalue weighted by Gasteiger charge is 2.08. The van der Waals surface area contributed by atoms with Crippen molar-refractivity contribution in [2.75, 3.05) is 0 Å². The smallest absolute Gasteiger partial charge is 0.269 e. The molecule has 0 radical (unpaired) electrons. The SMILES string of the molecule is O=C(Cc1ccc2ccccc2c1)NNC(=O)c1cccc(Cl)c1. The summed E-state index contributed by atoms with van der Waals surface area (Å²) in [5.74, 6) is -0.704. The Kier molecular flexibility index (Phi) is 4.77. The Hall–Kier alpha value is -2.85. The number of amides is 2. The van der Waals surface area contributed by atoms with Gasteiger partial charge >= 0.3 is 0 Å². The highest BCUT2D eigenvalue weighted by atomic mass is 35.5. The Morgan fingerprint density at radius 2 is 1.62 bits per heavy atom. The minimum Gasteiger partial charge on any atom is -0.273 e. The molecule has 3 aromatic rings. The quantitative estimate of drug-likeness (QED) is 0.718. The molecule has 0 spiro atoms. The van der Waals surface area contributed by atoms with Crippen LogP contribution in [0, 0.1) is 0 Å². The van der Waals surface area contributed by atoms with Gasteiger partial charge in [-0.3, -0.25) is 20.4 Å². The summed E-state index contributed by atoms with van der Waals surface area (Å²) in [4.78, 5) is 23.9. The summed E-state index contributed by atoms with van der Waals surface area (Å²) in [6.07, 6.45) is 0.181. The van der Waals surface area contributed by atoms with Crippen molar-refractivity contribution < 1.29 is 9.59 Å². The summed E-state index contributed by atoms with van der Waals surface area (Å²) in [5.41, 5.74) is 6.06. The lowest BCUT2D eigenvalue weighted by molar-refractivity contribution is -0.121. The van der Waals surface area contributed by atoms with Crippen LogP contribution in [0.3, 0.4) is 0 Å². The molecule has 24 heavy (non-hydrogen) atoms. The summed E-state index contributed by atoms with van der Waals surface area (Å²) >= 11 is 5.84. The number of hydrogen-bond acceptors (Lipinski definition) is 2. The molecular formula is C19H15ClN2O2. The molecule has 4 nitrogen and oxygen atoms in total. The predicted molar refractivity (Wildman–Crippen MR) is 94.7 cm³/mol. The summed E-state index contributed by atoms with van der Waals surface area (Å²) in [5, 5.41) is 2.66. The highest BCUT2D eigenvalue weighted by molar-refractivity contribution is 6.30. The van der Waals surface area contributed by atoms with Crippen molar-refractivity contribution in [3.63, 3.8) is 0 Å². The number of rotatable bonds is 3. The first-order valence-electron chi connectivity index (χ1n) is 7.44. The van der Waals surface area contributed by atoms with Crippen LogP contribution in [-0.4, -0.2) is 11.8 Å². The van der Waals surface area contributed by atoms with Crippen molar-refractivity contribution in [2.24, 2.45) is 0 Å². The maximum Gasteiger partial charge on any atom is 0.269 e. The molecule has 0 aliphatic rings. The van der Waals surface area contributed by atoms with Crippen molar-refractivity contribution in [3.05, 3.63) is 82.9 Å². The lowest BCUT2D eigenvalue weighted by Gasteiger charge is -2.08. The maximum absolute atomic E-state index is 12.0. The fraction of sp³-hybridized carbons (Fsp3) is 0.0526. The van der Waals surface area contributed by atoms with Crippen LogP contribution >= 0.6 is 11.6 Å². The van der Waals surface area contributed by atoms with Gasteiger partial charge in [0.2, 0.25) is 5.91 Å². The summed E-state index contributed by atoms with van der Waals surface area (Å²) in [7, 11) is 0. The molecule has 0 unspecified atom stereocenters. The molecule has 0 atom stereocenters. The van der Waals surface area contributed by atoms with Gasteiger partial charge in [0.15, 0.2) is 0 Å². The first-order chi connectivity index (χ1) is 11.6. The van der Waals surface area contributed by atoms with E-state index in [-0.39, 0.29) is 12.3 Å². The minimum atomic E-state index is -0.413. The zero-order valence-corrected chi connectivity index (χ0v) is 13.5. The van der Waals surface area contributed by atoms with Gasteiger partial charge < -0.3 is 0 Å². The second-order valence-corrected chi connectivity index (χ2v) is 5.81. The van der Waals surface area contributed by atoms with Crippen LogP contribution in [0.1, 0.15) is 15.9 Å². The Morgan fingerprint density at radius 3 is 2.42 bits per heavy atom. The molecule has 0 aromatic heterocycles. The van der Waals surface area contributed by atoms with Crippen molar-refractivity contribution in [1.29, 1.82) is 0 Å². The second-order valence-electron chi connectivity index (χ2n) is 5.37. The Bertz CT molecular complexity index is 909. The van der Waals surface area contributed by atoms with E-state index in [2.05, 4.69) is 10.9 Å². The third kappa shape index (κ3) is 3.91. The molecule has 5 heteroatoms. The number of carbonyl (C=O) groups excluding carboxylic acids is 2. The average Bonchev–Trinajstić information content (AvgIpc) is 2.59. The van der Waals surface area contributed by atoms with Crippen molar-refractivity contribution in [2.45, 2.75) is 6.42 Å². The van der Waals surface area contributed by atoms with Crippen molar-refractivity contribution in [1.82, 2.24) is 10.9 Å². The van der Waals surface area contributed by atoms with E-state index in [1.54, 1.807) is 18.2 Å². The van der Waals surface area contributed by atoms with E-state index in [0.29, 0.717) is 10.6 Å². The van der Waals surface area contributed by atoms with Gasteiger partial charge in [-0.15, -0.1) is 0 Å². The predicted octanol–water partition coefficient (Wildman–Crippen LogP) is 3.50. The van der Waals surface area contributed by atoms with Crippen molar-refractivity contribution in [3.8, 4) is 0 Å². The minimum absolute atomic E-state index is 0.181. The van der Waals surface area contributed by atoms with Gasteiger partial charge in [0.1, 0.15) is 0 Å². The normalized spacial score (nSPS) is 10.4. The van der Waals surface area contributed by atoms with Gasteiger partial charge in [0.05, 0.1) is 6.42 Å². The molecule has 0 aliphatic heterocycles. The van der Waals surface area contributed by atoms with Gasteiger partial charge in [-0.2, -0.15) is 0 Å². The summed E-state index contributed by atoms with van der Waals surface area (Å²) < 4.78 is 0. The fourth-order valence-corrected chi connectivity index (χ4v) is 2.60. The number of halogens is 1. The lowest BCUT2D eigenvalue weighted by Crippen LogP contribution is -2.42. The number of fused-ring (bicyclic) bond motifs is 1. The first kappa shape index (κ1) is 16.0. The number of benzene rings is 3. The average molecular weight is 339 g/mol. The van der Waals surface area contributed by atoms with Crippen LogP contribution in [-0.2, 0) is 11.2 Å². The topological polar surface area (TPSA) is 58.2 Å². The van der Waals surface area contributed by atoms with Crippen LogP contribution in [0.4, 0.5) is 0 Å². The fourth-order valence-electron chi connectivity index (χ4n) is 2.41. The molecule has 2 amide bonds. The molecule has 2 N–H and O–H groups in total. The molecule has 0 bridgehead atoms. The highest BCUT2D eigenvalue weighted by Crippen LogP contribution is 2.16. The third-order valence-corrected chi connectivity index (χ3v) is 3.82. The molecule has 0 fully saturated rings.